The number of aromatic amines is 1. The second-order valence-corrected chi connectivity index (χ2v) is 6.46. The summed E-state index contributed by atoms with van der Waals surface area (Å²) >= 11 is 0. The van der Waals surface area contributed by atoms with Gasteiger partial charge in [0.1, 0.15) is 0 Å². The second-order valence-electron chi connectivity index (χ2n) is 4.99. The smallest absolute Gasteiger partial charge is 0.369 e. The molecule has 0 unspecified atom stereocenters. The van der Waals surface area contributed by atoms with Crippen LogP contribution in [0.25, 0.3) is 11.2 Å². The molecule has 3 rings (SSSR count). The first kappa shape index (κ1) is 14.7. The van der Waals surface area contributed by atoms with Gasteiger partial charge >= 0.3 is 13.2 Å². The number of nitrogens with two attached hydrogens (primary N) is 1. The predicted molar refractivity (Wildman–Crippen MR) is 75.2 cm³/mol. The van der Waals surface area contributed by atoms with Crippen LogP contribution < -0.4 is 11.3 Å². The van der Waals surface area contributed by atoms with Crippen molar-refractivity contribution in [3.05, 3.63) is 16.7 Å². The lowest BCUT2D eigenvalue weighted by Crippen LogP contribution is -2.27. The maximum Gasteiger partial charge on any atom is 0.413 e. The third-order valence-corrected chi connectivity index (χ3v) is 4.31. The predicted octanol–water partition coefficient (Wildman–Crippen LogP) is -0.754. The molecule has 1 fully saturated rings. The number of nitrogens with one attached hydrogen (secondary N) is 1. The van der Waals surface area contributed by atoms with E-state index in [1.54, 1.807) is 4.57 Å². The average Bonchev–Trinajstić information content (AvgIpc) is 3.02. The van der Waals surface area contributed by atoms with Crippen molar-refractivity contribution >= 4 is 30.4 Å². The zero-order valence-electron chi connectivity index (χ0n) is 11.2. The highest BCUT2D eigenvalue weighted by atomic mass is 31.2. The summed E-state index contributed by atoms with van der Waals surface area (Å²) in [5, 5.41) is 0. The van der Waals surface area contributed by atoms with E-state index in [4.69, 9.17) is 15.5 Å². The molecular weight excluding hydrogens is 315 g/mol. The van der Waals surface area contributed by atoms with Crippen molar-refractivity contribution in [2.24, 2.45) is 0 Å². The third kappa shape index (κ3) is 2.39. The second kappa shape index (κ2) is 4.90. The molecule has 2 aromatic heterocycles. The molecule has 0 aromatic carbocycles. The van der Waals surface area contributed by atoms with E-state index in [-0.39, 0.29) is 36.2 Å². The Labute approximate surface area is 122 Å². The number of nitrogen functional groups attached to an aromatic ring is 1. The molecule has 1 amide bonds. The molecule has 1 aliphatic rings. The minimum Gasteiger partial charge on any atom is -0.369 e. The van der Waals surface area contributed by atoms with Gasteiger partial charge < -0.3 is 25.0 Å². The fourth-order valence-electron chi connectivity index (χ4n) is 2.54. The maximum absolute atomic E-state index is 11.7. The summed E-state index contributed by atoms with van der Waals surface area (Å²) in [6.45, 7) is 0.302. The van der Waals surface area contributed by atoms with Crippen LogP contribution in [0.2, 0.25) is 0 Å². The van der Waals surface area contributed by atoms with Crippen LogP contribution in [-0.4, -0.2) is 52.9 Å². The summed E-state index contributed by atoms with van der Waals surface area (Å²) in [5.74, 6) is -0.0552. The number of anilines is 1. The van der Waals surface area contributed by atoms with Crippen LogP contribution in [0.5, 0.6) is 0 Å². The number of nitrogens with zero attached hydrogens (tertiary/aromatic N) is 4. The van der Waals surface area contributed by atoms with Crippen molar-refractivity contribution in [2.45, 2.75) is 12.5 Å². The van der Waals surface area contributed by atoms with E-state index in [0.717, 1.165) is 4.90 Å². The van der Waals surface area contributed by atoms with Crippen LogP contribution in [0.15, 0.2) is 11.1 Å². The van der Waals surface area contributed by atoms with E-state index < -0.39 is 18.8 Å². The summed E-state index contributed by atoms with van der Waals surface area (Å²) in [6, 6.07) is -0.283. The standard InChI is InChI=1S/C10H13N6O5P/c11-9-13-7-6(8(17)14-9)12-4-16(7)5-1-2-15(3-5)10(18)22(19,20)21/h4-5H,1-3H2,(H2,19,20,21)(H3,11,13,14,17)/t5-/m1/s1. The van der Waals surface area contributed by atoms with E-state index in [1.165, 1.54) is 6.33 Å². The number of H-pyrrole nitrogens is 1. The highest BCUT2D eigenvalue weighted by Crippen LogP contribution is 2.40. The molecular formula is C10H13N6O5P. The zero-order chi connectivity index (χ0) is 16.1. The van der Waals surface area contributed by atoms with E-state index in [0.29, 0.717) is 6.42 Å². The van der Waals surface area contributed by atoms with E-state index in [9.17, 15) is 14.2 Å². The Balaban J connectivity index is 1.93. The van der Waals surface area contributed by atoms with Crippen LogP contribution in [0.4, 0.5) is 10.7 Å². The van der Waals surface area contributed by atoms with Gasteiger partial charge in [-0.05, 0) is 6.42 Å². The molecule has 3 heterocycles. The molecule has 1 atom stereocenters. The lowest BCUT2D eigenvalue weighted by atomic mass is 10.2. The summed E-state index contributed by atoms with van der Waals surface area (Å²) in [6.07, 6.45) is 1.87. The highest BCUT2D eigenvalue weighted by molar-refractivity contribution is 7.69. The molecule has 1 aliphatic heterocycles. The molecule has 0 radical (unpaired) electrons. The van der Waals surface area contributed by atoms with Gasteiger partial charge in [-0.3, -0.25) is 14.6 Å². The fourth-order valence-corrected chi connectivity index (χ4v) is 3.09. The Morgan fingerprint density at radius 1 is 1.50 bits per heavy atom. The molecule has 22 heavy (non-hydrogen) atoms. The van der Waals surface area contributed by atoms with Crippen molar-refractivity contribution < 1.29 is 19.1 Å². The van der Waals surface area contributed by atoms with E-state index in [2.05, 4.69) is 15.0 Å². The molecule has 1 saturated heterocycles. The van der Waals surface area contributed by atoms with Gasteiger partial charge in [0.15, 0.2) is 11.2 Å². The lowest BCUT2D eigenvalue weighted by Gasteiger charge is -2.17. The number of likely N-dealkylation sites (tertiary alicyclic amines) is 1. The van der Waals surface area contributed by atoms with Crippen molar-refractivity contribution in [2.75, 3.05) is 18.8 Å². The molecule has 0 bridgehead atoms. The third-order valence-electron chi connectivity index (χ3n) is 3.53. The number of carbonyl (C=O) groups excluding carboxylic acids is 1. The summed E-state index contributed by atoms with van der Waals surface area (Å²) in [5.41, 5.74) is 4.23. The van der Waals surface area contributed by atoms with Crippen LogP contribution in [0.3, 0.4) is 0 Å². The first-order valence-electron chi connectivity index (χ1n) is 6.34. The Hall–Kier alpha value is -2.23. The average molecular weight is 328 g/mol. The largest absolute Gasteiger partial charge is 0.413 e. The summed E-state index contributed by atoms with van der Waals surface area (Å²) in [4.78, 5) is 52.6. The summed E-state index contributed by atoms with van der Waals surface area (Å²) in [7, 11) is -4.80. The van der Waals surface area contributed by atoms with Gasteiger partial charge in [-0.1, -0.05) is 0 Å². The number of hydrogen-bond acceptors (Lipinski definition) is 6. The molecule has 5 N–H and O–H groups in total. The van der Waals surface area contributed by atoms with Crippen molar-refractivity contribution in [1.29, 1.82) is 0 Å². The number of aromatic nitrogens is 4. The van der Waals surface area contributed by atoms with Crippen LogP contribution in [0.1, 0.15) is 12.5 Å². The minimum atomic E-state index is -4.80. The quantitative estimate of drug-likeness (QED) is 0.522. The van der Waals surface area contributed by atoms with Gasteiger partial charge in [-0.2, -0.15) is 4.98 Å². The molecule has 0 spiro atoms. The molecule has 118 valence electrons. The lowest BCUT2D eigenvalue weighted by molar-refractivity contribution is 0.219. The van der Waals surface area contributed by atoms with Gasteiger partial charge in [0, 0.05) is 13.1 Å². The van der Waals surface area contributed by atoms with Gasteiger partial charge in [-0.15, -0.1) is 0 Å². The number of imidazole rings is 1. The Morgan fingerprint density at radius 3 is 2.91 bits per heavy atom. The topological polar surface area (TPSA) is 167 Å². The fraction of sp³-hybridized carbons (Fsp3) is 0.400. The highest BCUT2D eigenvalue weighted by Gasteiger charge is 2.37. The van der Waals surface area contributed by atoms with Crippen LogP contribution >= 0.6 is 7.60 Å². The zero-order valence-corrected chi connectivity index (χ0v) is 12.1. The van der Waals surface area contributed by atoms with Gasteiger partial charge in [0.05, 0.1) is 12.4 Å². The number of carbonyl (C=O) groups is 1. The first-order chi connectivity index (χ1) is 10.3. The van der Waals surface area contributed by atoms with Crippen molar-refractivity contribution in [3.63, 3.8) is 0 Å². The summed E-state index contributed by atoms with van der Waals surface area (Å²) < 4.78 is 12.6. The maximum atomic E-state index is 11.7. The van der Waals surface area contributed by atoms with Gasteiger partial charge in [0.2, 0.25) is 5.95 Å². The Bertz CT molecular complexity index is 853. The SMILES string of the molecule is Nc1nc2c(ncn2[C@@H]2CCN(C(=O)P(=O)(O)O)C2)c(=O)[nH]1. The monoisotopic (exact) mass is 328 g/mol. The van der Waals surface area contributed by atoms with E-state index >= 15 is 0 Å². The normalized spacial score (nSPS) is 19.0. The molecule has 11 nitrogen and oxygen atoms in total. The van der Waals surface area contributed by atoms with Gasteiger partial charge in [0.25, 0.3) is 5.56 Å². The van der Waals surface area contributed by atoms with Crippen molar-refractivity contribution in [1.82, 2.24) is 24.4 Å². The molecule has 0 saturated carbocycles. The molecule has 2 aromatic rings. The van der Waals surface area contributed by atoms with Gasteiger partial charge in [-0.25, -0.2) is 9.55 Å². The first-order valence-corrected chi connectivity index (χ1v) is 7.96. The van der Waals surface area contributed by atoms with Crippen molar-refractivity contribution in [3.8, 4) is 0 Å². The number of rotatable bonds is 2. The van der Waals surface area contributed by atoms with Crippen LogP contribution in [0, 0.1) is 0 Å². The molecule has 12 heteroatoms. The number of hydrogen-bond donors (Lipinski definition) is 4. The Morgan fingerprint density at radius 2 is 2.23 bits per heavy atom. The van der Waals surface area contributed by atoms with E-state index in [1.807, 2.05) is 0 Å². The molecule has 0 aliphatic carbocycles. The number of fused-ring (bicyclic) bond motifs is 1. The minimum absolute atomic E-state index is 0.0552. The Kier molecular flexibility index (Phi) is 3.28. The van der Waals surface area contributed by atoms with Crippen LogP contribution in [-0.2, 0) is 4.57 Å². The number of amides is 1.